The van der Waals surface area contributed by atoms with Crippen molar-refractivity contribution in [1.29, 1.82) is 0 Å². The standard InChI is InChI=1S/C16H13BrN2O2/c1-21-12-6-7-15-13(8-12)14(9-18-15)16(20)19-11-4-2-10(17)3-5-11/h2-9,18H,1H3,(H,19,20). The van der Waals surface area contributed by atoms with E-state index in [-0.39, 0.29) is 5.91 Å². The van der Waals surface area contributed by atoms with Crippen molar-refractivity contribution in [2.75, 3.05) is 12.4 Å². The van der Waals surface area contributed by atoms with Crippen LogP contribution in [0, 0.1) is 0 Å². The first-order valence-corrected chi connectivity index (χ1v) is 7.19. The van der Waals surface area contributed by atoms with Crippen molar-refractivity contribution in [3.8, 4) is 5.75 Å². The number of hydrogen-bond donors (Lipinski definition) is 2. The minimum atomic E-state index is -0.156. The first-order valence-electron chi connectivity index (χ1n) is 6.39. The average Bonchev–Trinajstić information content (AvgIpc) is 2.92. The molecule has 1 amide bonds. The van der Waals surface area contributed by atoms with Gasteiger partial charge in [-0.25, -0.2) is 0 Å². The van der Waals surface area contributed by atoms with Crippen LogP contribution in [0.1, 0.15) is 10.4 Å². The number of carbonyl (C=O) groups excluding carboxylic acids is 1. The van der Waals surface area contributed by atoms with E-state index in [1.54, 1.807) is 13.3 Å². The van der Waals surface area contributed by atoms with Crippen molar-refractivity contribution >= 4 is 38.4 Å². The number of carbonyl (C=O) groups is 1. The van der Waals surface area contributed by atoms with Gasteiger partial charge in [0.25, 0.3) is 5.91 Å². The molecule has 0 spiro atoms. The molecule has 0 aliphatic rings. The average molecular weight is 345 g/mol. The number of benzene rings is 2. The zero-order valence-corrected chi connectivity index (χ0v) is 12.9. The molecule has 0 radical (unpaired) electrons. The molecule has 1 heterocycles. The molecule has 3 aromatic rings. The molecule has 2 N–H and O–H groups in total. The number of aromatic amines is 1. The number of fused-ring (bicyclic) bond motifs is 1. The molecule has 0 bridgehead atoms. The Balaban J connectivity index is 1.92. The van der Waals surface area contributed by atoms with Crippen LogP contribution in [0.3, 0.4) is 0 Å². The predicted molar refractivity (Wildman–Crippen MR) is 86.9 cm³/mol. The maximum Gasteiger partial charge on any atom is 0.257 e. The fourth-order valence-electron chi connectivity index (χ4n) is 2.15. The highest BCUT2D eigenvalue weighted by molar-refractivity contribution is 9.10. The number of anilines is 1. The molecular formula is C16H13BrN2O2. The van der Waals surface area contributed by atoms with E-state index in [2.05, 4.69) is 26.2 Å². The Hall–Kier alpha value is -2.27. The lowest BCUT2D eigenvalue weighted by atomic mass is 10.1. The Bertz CT molecular complexity index is 794. The number of ether oxygens (including phenoxy) is 1. The SMILES string of the molecule is COc1ccc2[nH]cc(C(=O)Nc3ccc(Br)cc3)c2c1. The molecule has 21 heavy (non-hydrogen) atoms. The van der Waals surface area contributed by atoms with E-state index in [1.807, 2.05) is 42.5 Å². The second-order valence-corrected chi connectivity index (χ2v) is 5.49. The third-order valence-electron chi connectivity index (χ3n) is 3.24. The molecule has 0 aliphatic heterocycles. The lowest BCUT2D eigenvalue weighted by Gasteiger charge is -2.05. The summed E-state index contributed by atoms with van der Waals surface area (Å²) < 4.78 is 6.18. The van der Waals surface area contributed by atoms with Gasteiger partial charge in [-0.2, -0.15) is 0 Å². The zero-order valence-electron chi connectivity index (χ0n) is 11.3. The number of H-pyrrole nitrogens is 1. The lowest BCUT2D eigenvalue weighted by Crippen LogP contribution is -2.11. The third-order valence-corrected chi connectivity index (χ3v) is 3.76. The quantitative estimate of drug-likeness (QED) is 0.748. The van der Waals surface area contributed by atoms with Gasteiger partial charge in [0, 0.05) is 27.3 Å². The second kappa shape index (κ2) is 5.61. The minimum absolute atomic E-state index is 0.156. The van der Waals surface area contributed by atoms with Crippen LogP contribution in [0.2, 0.25) is 0 Å². The fraction of sp³-hybridized carbons (Fsp3) is 0.0625. The summed E-state index contributed by atoms with van der Waals surface area (Å²) in [5.41, 5.74) is 2.24. The van der Waals surface area contributed by atoms with Crippen LogP contribution in [0.5, 0.6) is 5.75 Å². The lowest BCUT2D eigenvalue weighted by molar-refractivity contribution is 0.102. The van der Waals surface area contributed by atoms with E-state index in [0.717, 1.165) is 26.8 Å². The minimum Gasteiger partial charge on any atom is -0.497 e. The van der Waals surface area contributed by atoms with Crippen molar-refractivity contribution in [2.24, 2.45) is 0 Å². The molecule has 5 heteroatoms. The van der Waals surface area contributed by atoms with Crippen molar-refractivity contribution in [3.05, 3.63) is 58.7 Å². The van der Waals surface area contributed by atoms with Crippen molar-refractivity contribution in [3.63, 3.8) is 0 Å². The third kappa shape index (κ3) is 2.78. The molecule has 0 saturated heterocycles. The molecule has 3 rings (SSSR count). The molecule has 0 saturated carbocycles. The summed E-state index contributed by atoms with van der Waals surface area (Å²) in [7, 11) is 1.61. The van der Waals surface area contributed by atoms with Crippen LogP contribution in [-0.2, 0) is 0 Å². The number of methoxy groups -OCH3 is 1. The topological polar surface area (TPSA) is 54.1 Å². The molecule has 2 aromatic carbocycles. The van der Waals surface area contributed by atoms with Crippen molar-refractivity contribution in [1.82, 2.24) is 4.98 Å². The Labute approximate surface area is 130 Å². The first-order chi connectivity index (χ1) is 10.2. The highest BCUT2D eigenvalue weighted by atomic mass is 79.9. The predicted octanol–water partition coefficient (Wildman–Crippen LogP) is 4.19. The number of aromatic nitrogens is 1. The summed E-state index contributed by atoms with van der Waals surface area (Å²) in [6.45, 7) is 0. The van der Waals surface area contributed by atoms with Gasteiger partial charge in [0.1, 0.15) is 5.75 Å². The van der Waals surface area contributed by atoms with Crippen LogP contribution in [0.4, 0.5) is 5.69 Å². The number of amides is 1. The summed E-state index contributed by atoms with van der Waals surface area (Å²) in [5, 5.41) is 3.72. The normalized spacial score (nSPS) is 10.6. The van der Waals surface area contributed by atoms with Crippen LogP contribution >= 0.6 is 15.9 Å². The number of nitrogens with one attached hydrogen (secondary N) is 2. The summed E-state index contributed by atoms with van der Waals surface area (Å²) in [6, 6.07) is 13.1. The van der Waals surface area contributed by atoms with Crippen LogP contribution in [-0.4, -0.2) is 18.0 Å². The van der Waals surface area contributed by atoms with Gasteiger partial charge in [0.2, 0.25) is 0 Å². The smallest absolute Gasteiger partial charge is 0.257 e. The van der Waals surface area contributed by atoms with E-state index in [9.17, 15) is 4.79 Å². The van der Waals surface area contributed by atoms with Gasteiger partial charge >= 0.3 is 0 Å². The zero-order chi connectivity index (χ0) is 14.8. The Kier molecular flexibility index (Phi) is 3.66. The molecule has 0 aliphatic carbocycles. The largest absolute Gasteiger partial charge is 0.497 e. The fourth-order valence-corrected chi connectivity index (χ4v) is 2.41. The van der Waals surface area contributed by atoms with Crippen LogP contribution in [0.25, 0.3) is 10.9 Å². The van der Waals surface area contributed by atoms with Crippen LogP contribution < -0.4 is 10.1 Å². The Morgan fingerprint density at radius 3 is 2.67 bits per heavy atom. The molecule has 106 valence electrons. The number of rotatable bonds is 3. The molecule has 0 atom stereocenters. The van der Waals surface area contributed by atoms with Gasteiger partial charge < -0.3 is 15.0 Å². The van der Waals surface area contributed by atoms with E-state index < -0.39 is 0 Å². The Morgan fingerprint density at radius 2 is 1.95 bits per heavy atom. The van der Waals surface area contributed by atoms with E-state index >= 15 is 0 Å². The van der Waals surface area contributed by atoms with Gasteiger partial charge in [0.15, 0.2) is 0 Å². The van der Waals surface area contributed by atoms with E-state index in [4.69, 9.17) is 4.74 Å². The summed E-state index contributed by atoms with van der Waals surface area (Å²) in [6.07, 6.45) is 1.71. The number of hydrogen-bond acceptors (Lipinski definition) is 2. The highest BCUT2D eigenvalue weighted by Gasteiger charge is 2.13. The van der Waals surface area contributed by atoms with Gasteiger partial charge in [-0.05, 0) is 42.5 Å². The van der Waals surface area contributed by atoms with E-state index in [0.29, 0.717) is 5.56 Å². The second-order valence-electron chi connectivity index (χ2n) is 4.57. The van der Waals surface area contributed by atoms with Crippen LogP contribution in [0.15, 0.2) is 53.1 Å². The molecule has 1 aromatic heterocycles. The first kappa shape index (κ1) is 13.7. The molecule has 0 unspecified atom stereocenters. The van der Waals surface area contributed by atoms with Gasteiger partial charge in [-0.1, -0.05) is 15.9 Å². The maximum atomic E-state index is 12.4. The Morgan fingerprint density at radius 1 is 1.19 bits per heavy atom. The van der Waals surface area contributed by atoms with Crippen molar-refractivity contribution in [2.45, 2.75) is 0 Å². The maximum absolute atomic E-state index is 12.4. The van der Waals surface area contributed by atoms with Gasteiger partial charge in [0.05, 0.1) is 12.7 Å². The van der Waals surface area contributed by atoms with Crippen molar-refractivity contribution < 1.29 is 9.53 Å². The molecule has 0 fully saturated rings. The van der Waals surface area contributed by atoms with Gasteiger partial charge in [-0.15, -0.1) is 0 Å². The monoisotopic (exact) mass is 344 g/mol. The number of halogens is 1. The highest BCUT2D eigenvalue weighted by Crippen LogP contribution is 2.24. The van der Waals surface area contributed by atoms with Gasteiger partial charge in [-0.3, -0.25) is 4.79 Å². The summed E-state index contributed by atoms with van der Waals surface area (Å²) in [4.78, 5) is 15.5. The molecule has 4 nitrogen and oxygen atoms in total. The van der Waals surface area contributed by atoms with E-state index in [1.165, 1.54) is 0 Å². The summed E-state index contributed by atoms with van der Waals surface area (Å²) in [5.74, 6) is 0.566. The summed E-state index contributed by atoms with van der Waals surface area (Å²) >= 11 is 3.37. The molecular weight excluding hydrogens is 332 g/mol.